The molecular weight excluding hydrogens is 356 g/mol. The molecular formula is C26H28N2O. The van der Waals surface area contributed by atoms with Gasteiger partial charge in [0.1, 0.15) is 12.2 Å². The zero-order valence-electron chi connectivity index (χ0n) is 17.6. The first-order valence-corrected chi connectivity index (χ1v) is 9.81. The Kier molecular flexibility index (Phi) is 7.54. The lowest BCUT2D eigenvalue weighted by atomic mass is 9.95. The van der Waals surface area contributed by atoms with Crippen molar-refractivity contribution in [2.24, 2.45) is 0 Å². The van der Waals surface area contributed by atoms with Crippen LogP contribution in [0.2, 0.25) is 0 Å². The van der Waals surface area contributed by atoms with E-state index in [0.29, 0.717) is 11.8 Å². The standard InChI is InChI=1S/C26H28N2O/c1-17(2)21-7-11-23(12-8-21)25(19(5)15-27)29-26(20(6)16-28)24-13-9-22(10-14-24)18(3)4/h7-14,17-18,25-26H,5-6H2,1-4H3/t25-,26-/m1/s1. The molecule has 0 spiro atoms. The molecule has 2 atom stereocenters. The maximum Gasteiger partial charge on any atom is 0.118 e. The van der Waals surface area contributed by atoms with E-state index in [0.717, 1.165) is 11.1 Å². The smallest absolute Gasteiger partial charge is 0.118 e. The van der Waals surface area contributed by atoms with Gasteiger partial charge in [-0.25, -0.2) is 0 Å². The highest BCUT2D eigenvalue weighted by molar-refractivity contribution is 5.38. The van der Waals surface area contributed by atoms with Crippen LogP contribution in [0.1, 0.15) is 74.0 Å². The molecule has 0 unspecified atom stereocenters. The van der Waals surface area contributed by atoms with Crippen molar-refractivity contribution in [2.45, 2.75) is 51.7 Å². The molecule has 0 fully saturated rings. The SMILES string of the molecule is C=C(C#N)[C@@H](O[C@H](C(=C)C#N)c1ccc(C(C)C)cc1)c1ccc(C(C)C)cc1. The molecule has 29 heavy (non-hydrogen) atoms. The first-order chi connectivity index (χ1) is 13.8. The van der Waals surface area contributed by atoms with E-state index in [4.69, 9.17) is 4.74 Å². The van der Waals surface area contributed by atoms with Crippen LogP contribution in [0.5, 0.6) is 0 Å². The molecule has 3 heteroatoms. The van der Waals surface area contributed by atoms with E-state index in [1.165, 1.54) is 11.1 Å². The summed E-state index contributed by atoms with van der Waals surface area (Å²) in [5.41, 5.74) is 4.65. The number of rotatable bonds is 8. The molecule has 148 valence electrons. The van der Waals surface area contributed by atoms with Crippen LogP contribution in [0, 0.1) is 22.7 Å². The van der Waals surface area contributed by atoms with Gasteiger partial charge in [-0.15, -0.1) is 0 Å². The minimum atomic E-state index is -0.652. The van der Waals surface area contributed by atoms with Gasteiger partial charge in [0.15, 0.2) is 0 Å². The fraction of sp³-hybridized carbons (Fsp3) is 0.308. The minimum absolute atomic E-state index is 0.289. The molecule has 2 aromatic carbocycles. The predicted molar refractivity (Wildman–Crippen MR) is 117 cm³/mol. The van der Waals surface area contributed by atoms with E-state index in [1.54, 1.807) is 0 Å². The number of benzene rings is 2. The molecule has 0 radical (unpaired) electrons. The monoisotopic (exact) mass is 384 g/mol. The molecule has 2 aromatic rings. The number of nitriles is 2. The van der Waals surface area contributed by atoms with Gasteiger partial charge in [0.25, 0.3) is 0 Å². The van der Waals surface area contributed by atoms with E-state index < -0.39 is 12.2 Å². The van der Waals surface area contributed by atoms with E-state index in [1.807, 2.05) is 48.5 Å². The van der Waals surface area contributed by atoms with Gasteiger partial charge < -0.3 is 4.74 Å². The molecule has 0 amide bonds. The minimum Gasteiger partial charge on any atom is -0.355 e. The third-order valence-electron chi connectivity index (χ3n) is 5.00. The molecule has 0 N–H and O–H groups in total. The number of nitrogens with zero attached hydrogens (tertiary/aromatic N) is 2. The van der Waals surface area contributed by atoms with Crippen molar-refractivity contribution in [1.29, 1.82) is 10.5 Å². The van der Waals surface area contributed by atoms with E-state index in [9.17, 15) is 10.5 Å². The van der Waals surface area contributed by atoms with Crippen molar-refractivity contribution in [1.82, 2.24) is 0 Å². The second-order valence-electron chi connectivity index (χ2n) is 7.81. The van der Waals surface area contributed by atoms with Crippen LogP contribution in [-0.4, -0.2) is 0 Å². The van der Waals surface area contributed by atoms with Crippen LogP contribution in [-0.2, 0) is 4.74 Å². The lowest BCUT2D eigenvalue weighted by Crippen LogP contribution is -2.13. The number of hydrogen-bond donors (Lipinski definition) is 0. The quantitative estimate of drug-likeness (QED) is 0.465. The number of ether oxygens (including phenoxy) is 1. The van der Waals surface area contributed by atoms with Crippen molar-refractivity contribution in [3.05, 3.63) is 95.1 Å². The van der Waals surface area contributed by atoms with E-state index in [2.05, 4.69) is 53.0 Å². The highest BCUT2D eigenvalue weighted by Crippen LogP contribution is 2.35. The van der Waals surface area contributed by atoms with Crippen molar-refractivity contribution < 1.29 is 4.74 Å². The molecule has 0 bridgehead atoms. The average Bonchev–Trinajstić information content (AvgIpc) is 2.73. The van der Waals surface area contributed by atoms with Crippen molar-refractivity contribution in [3.63, 3.8) is 0 Å². The zero-order valence-corrected chi connectivity index (χ0v) is 17.6. The van der Waals surface area contributed by atoms with Crippen LogP contribution in [0.3, 0.4) is 0 Å². The van der Waals surface area contributed by atoms with Gasteiger partial charge in [0.2, 0.25) is 0 Å². The summed E-state index contributed by atoms with van der Waals surface area (Å²) in [7, 11) is 0. The highest BCUT2D eigenvalue weighted by atomic mass is 16.5. The van der Waals surface area contributed by atoms with E-state index >= 15 is 0 Å². The van der Waals surface area contributed by atoms with Gasteiger partial charge in [-0.1, -0.05) is 89.4 Å². The molecule has 3 nitrogen and oxygen atoms in total. The van der Waals surface area contributed by atoms with Gasteiger partial charge >= 0.3 is 0 Å². The summed E-state index contributed by atoms with van der Waals surface area (Å²) < 4.78 is 6.28. The average molecular weight is 385 g/mol. The van der Waals surface area contributed by atoms with Gasteiger partial charge in [0, 0.05) is 0 Å². The van der Waals surface area contributed by atoms with Crippen LogP contribution in [0.15, 0.2) is 72.8 Å². The molecule has 0 saturated heterocycles. The summed E-state index contributed by atoms with van der Waals surface area (Å²) in [6.45, 7) is 16.3. The summed E-state index contributed by atoms with van der Waals surface area (Å²) in [6.07, 6.45) is -1.30. The Balaban J connectivity index is 2.41. The molecule has 2 rings (SSSR count). The third kappa shape index (κ3) is 5.44. The number of hydrogen-bond acceptors (Lipinski definition) is 3. The first kappa shape index (κ1) is 22.2. The maximum absolute atomic E-state index is 9.47. The first-order valence-electron chi connectivity index (χ1n) is 9.81. The lowest BCUT2D eigenvalue weighted by molar-refractivity contribution is 0.0315. The molecule has 0 heterocycles. The van der Waals surface area contributed by atoms with Crippen molar-refractivity contribution in [2.75, 3.05) is 0 Å². The van der Waals surface area contributed by atoms with Crippen molar-refractivity contribution >= 4 is 0 Å². The van der Waals surface area contributed by atoms with Crippen LogP contribution in [0.25, 0.3) is 0 Å². The Morgan fingerprint density at radius 3 is 1.17 bits per heavy atom. The Morgan fingerprint density at radius 1 is 0.655 bits per heavy atom. The second kappa shape index (κ2) is 9.87. The second-order valence-corrected chi connectivity index (χ2v) is 7.81. The molecule has 0 saturated carbocycles. The van der Waals surface area contributed by atoms with Gasteiger partial charge in [-0.2, -0.15) is 10.5 Å². The Hall–Kier alpha value is -3.14. The maximum atomic E-state index is 9.47. The summed E-state index contributed by atoms with van der Waals surface area (Å²) in [5, 5.41) is 18.9. The normalized spacial score (nSPS) is 12.8. The Morgan fingerprint density at radius 2 is 0.931 bits per heavy atom. The third-order valence-corrected chi connectivity index (χ3v) is 5.00. The Labute approximate surface area is 174 Å². The fourth-order valence-corrected chi connectivity index (χ4v) is 3.09. The summed E-state index contributed by atoms with van der Waals surface area (Å²) in [5.74, 6) is 0.821. The molecule has 0 aliphatic heterocycles. The summed E-state index contributed by atoms with van der Waals surface area (Å²) in [6, 6.07) is 20.2. The van der Waals surface area contributed by atoms with Crippen LogP contribution in [0.4, 0.5) is 0 Å². The van der Waals surface area contributed by atoms with Gasteiger partial charge in [-0.05, 0) is 34.1 Å². The van der Waals surface area contributed by atoms with Crippen molar-refractivity contribution in [3.8, 4) is 12.1 Å². The topological polar surface area (TPSA) is 56.8 Å². The summed E-state index contributed by atoms with van der Waals surface area (Å²) in [4.78, 5) is 0. The lowest BCUT2D eigenvalue weighted by Gasteiger charge is -2.25. The largest absolute Gasteiger partial charge is 0.355 e. The Bertz CT molecular complexity index is 859. The van der Waals surface area contributed by atoms with E-state index in [-0.39, 0.29) is 11.1 Å². The molecule has 0 aromatic heterocycles. The molecule has 0 aliphatic carbocycles. The van der Waals surface area contributed by atoms with Gasteiger partial charge in [0.05, 0.1) is 23.3 Å². The molecule has 0 aliphatic rings. The van der Waals surface area contributed by atoms with Crippen LogP contribution >= 0.6 is 0 Å². The predicted octanol–water partition coefficient (Wildman–Crippen LogP) is 6.89. The highest BCUT2D eigenvalue weighted by Gasteiger charge is 2.25. The fourth-order valence-electron chi connectivity index (χ4n) is 3.09. The van der Waals surface area contributed by atoms with Gasteiger partial charge in [-0.3, -0.25) is 0 Å². The van der Waals surface area contributed by atoms with Crippen LogP contribution < -0.4 is 0 Å². The zero-order chi connectivity index (χ0) is 21.6. The summed E-state index contributed by atoms with van der Waals surface area (Å²) >= 11 is 0.